The van der Waals surface area contributed by atoms with E-state index in [0.717, 1.165) is 0 Å². The summed E-state index contributed by atoms with van der Waals surface area (Å²) in [6, 6.07) is 8.46. The summed E-state index contributed by atoms with van der Waals surface area (Å²) in [4.78, 5) is 23.1. The number of hydrogen-bond acceptors (Lipinski definition) is 6. The minimum Gasteiger partial charge on any atom is -0.465 e. The molecule has 6 nitrogen and oxygen atoms in total. The minimum absolute atomic E-state index is 0.0628. The second kappa shape index (κ2) is 7.37. The van der Waals surface area contributed by atoms with Crippen LogP contribution in [0.3, 0.4) is 0 Å². The zero-order chi connectivity index (χ0) is 18.8. The van der Waals surface area contributed by atoms with Crippen molar-refractivity contribution in [2.45, 2.75) is 18.7 Å². The van der Waals surface area contributed by atoms with Gasteiger partial charge in [-0.15, -0.1) is 0 Å². The fourth-order valence-electron chi connectivity index (χ4n) is 2.19. The van der Waals surface area contributed by atoms with E-state index >= 15 is 0 Å². The molecule has 0 saturated carbocycles. The van der Waals surface area contributed by atoms with E-state index in [1.54, 1.807) is 6.07 Å². The Morgan fingerprint density at radius 3 is 2.32 bits per heavy atom. The summed E-state index contributed by atoms with van der Waals surface area (Å²) in [6.45, 7) is 2.85. The number of rotatable bonds is 5. The molecule has 0 heterocycles. The first kappa shape index (κ1) is 19.1. The molecule has 0 N–H and O–H groups in total. The third kappa shape index (κ3) is 4.26. The lowest BCUT2D eigenvalue weighted by atomic mass is 10.1. The van der Waals surface area contributed by atoms with Gasteiger partial charge in [0.2, 0.25) is 0 Å². The van der Waals surface area contributed by atoms with Crippen molar-refractivity contribution in [3.05, 3.63) is 57.6 Å². The number of Topliss-reactive ketones (excluding diaryl/α,β-unsaturated/α-hetero) is 1. The SMILES string of the molecule is COC(=O)c1ccc(S(=O)(=O)Oc2ccc(Br)cc2C(C)=O)c(C)c1. The van der Waals surface area contributed by atoms with Crippen LogP contribution in [0.15, 0.2) is 45.8 Å². The van der Waals surface area contributed by atoms with E-state index in [-0.39, 0.29) is 27.6 Å². The number of carbonyl (C=O) groups excluding carboxylic acids is 2. The molecule has 0 aliphatic rings. The van der Waals surface area contributed by atoms with E-state index < -0.39 is 16.1 Å². The molecule has 2 aromatic carbocycles. The van der Waals surface area contributed by atoms with Gasteiger partial charge < -0.3 is 8.92 Å². The summed E-state index contributed by atoms with van der Waals surface area (Å²) >= 11 is 3.23. The van der Waals surface area contributed by atoms with Gasteiger partial charge in [0.25, 0.3) is 0 Å². The highest BCUT2D eigenvalue weighted by Gasteiger charge is 2.23. The first-order chi connectivity index (χ1) is 11.7. The fraction of sp³-hybridized carbons (Fsp3) is 0.176. The second-order valence-corrected chi connectivity index (χ2v) is 7.64. The van der Waals surface area contributed by atoms with Crippen LogP contribution < -0.4 is 4.18 Å². The molecule has 0 saturated heterocycles. The average Bonchev–Trinajstić information content (AvgIpc) is 2.54. The first-order valence-corrected chi connectivity index (χ1v) is 9.30. The molecule has 132 valence electrons. The largest absolute Gasteiger partial charge is 0.465 e. The number of methoxy groups -OCH3 is 1. The van der Waals surface area contributed by atoms with Crippen molar-refractivity contribution >= 4 is 37.8 Å². The lowest BCUT2D eigenvalue weighted by Crippen LogP contribution is -2.14. The Hall–Kier alpha value is -2.19. The van der Waals surface area contributed by atoms with Crippen molar-refractivity contribution in [3.8, 4) is 5.75 Å². The van der Waals surface area contributed by atoms with E-state index in [4.69, 9.17) is 4.18 Å². The van der Waals surface area contributed by atoms with Gasteiger partial charge in [-0.25, -0.2) is 4.79 Å². The molecule has 0 amide bonds. The molecular formula is C17H15BrO6S. The maximum absolute atomic E-state index is 12.6. The summed E-state index contributed by atoms with van der Waals surface area (Å²) in [5, 5.41) is 0. The van der Waals surface area contributed by atoms with Gasteiger partial charge in [-0.1, -0.05) is 15.9 Å². The number of hydrogen-bond donors (Lipinski definition) is 0. The van der Waals surface area contributed by atoms with Crippen molar-refractivity contribution in [2.24, 2.45) is 0 Å². The predicted molar refractivity (Wildman–Crippen MR) is 94.5 cm³/mol. The summed E-state index contributed by atoms with van der Waals surface area (Å²) in [7, 11) is -2.94. The fourth-order valence-corrected chi connectivity index (χ4v) is 3.71. The summed E-state index contributed by atoms with van der Waals surface area (Å²) in [6.07, 6.45) is 0. The molecular weight excluding hydrogens is 412 g/mol. The van der Waals surface area contributed by atoms with Crippen LogP contribution in [0.5, 0.6) is 5.75 Å². The number of ketones is 1. The van der Waals surface area contributed by atoms with E-state index in [0.29, 0.717) is 10.0 Å². The molecule has 0 fully saturated rings. The Kier molecular flexibility index (Phi) is 5.64. The molecule has 0 spiro atoms. The topological polar surface area (TPSA) is 86.7 Å². The van der Waals surface area contributed by atoms with Crippen molar-refractivity contribution < 1.29 is 26.9 Å². The van der Waals surface area contributed by atoms with Gasteiger partial charge in [-0.05, 0) is 55.8 Å². The Morgan fingerprint density at radius 2 is 1.76 bits per heavy atom. The molecule has 0 atom stereocenters. The number of carbonyl (C=O) groups is 2. The molecule has 0 aromatic heterocycles. The smallest absolute Gasteiger partial charge is 0.339 e. The third-order valence-electron chi connectivity index (χ3n) is 3.39. The van der Waals surface area contributed by atoms with Crippen LogP contribution in [-0.4, -0.2) is 27.3 Å². The lowest BCUT2D eigenvalue weighted by Gasteiger charge is -2.12. The molecule has 0 aliphatic heterocycles. The van der Waals surface area contributed by atoms with Gasteiger partial charge in [0.05, 0.1) is 18.2 Å². The average molecular weight is 427 g/mol. The normalized spacial score (nSPS) is 11.0. The van der Waals surface area contributed by atoms with Gasteiger partial charge >= 0.3 is 16.1 Å². The standard InChI is InChI=1S/C17H15BrO6S/c1-10-8-12(17(20)23-3)4-7-16(10)25(21,22)24-15-6-5-13(18)9-14(15)11(2)19/h4-9H,1-3H3. The molecule has 2 rings (SSSR count). The van der Waals surface area contributed by atoms with Gasteiger partial charge in [0.1, 0.15) is 4.90 Å². The summed E-state index contributed by atoms with van der Waals surface area (Å²) in [5.74, 6) is -0.962. The zero-order valence-electron chi connectivity index (χ0n) is 13.7. The van der Waals surface area contributed by atoms with Crippen LogP contribution in [0, 0.1) is 6.92 Å². The van der Waals surface area contributed by atoms with E-state index in [9.17, 15) is 18.0 Å². The van der Waals surface area contributed by atoms with Crippen molar-refractivity contribution in [2.75, 3.05) is 7.11 Å². The van der Waals surface area contributed by atoms with Gasteiger partial charge in [-0.2, -0.15) is 8.42 Å². The molecule has 25 heavy (non-hydrogen) atoms. The van der Waals surface area contributed by atoms with Crippen LogP contribution in [-0.2, 0) is 14.9 Å². The summed E-state index contributed by atoms with van der Waals surface area (Å²) < 4.78 is 35.5. The molecule has 0 unspecified atom stereocenters. The highest BCUT2D eigenvalue weighted by atomic mass is 79.9. The number of aryl methyl sites for hydroxylation is 1. The number of halogens is 1. The lowest BCUT2D eigenvalue weighted by molar-refractivity contribution is 0.0600. The Bertz CT molecular complexity index is 950. The van der Waals surface area contributed by atoms with Crippen molar-refractivity contribution in [3.63, 3.8) is 0 Å². The van der Waals surface area contributed by atoms with Crippen LogP contribution in [0.2, 0.25) is 0 Å². The minimum atomic E-state index is -4.18. The Labute approximate surface area is 154 Å². The molecule has 0 bridgehead atoms. The van der Waals surface area contributed by atoms with E-state index in [2.05, 4.69) is 20.7 Å². The number of esters is 1. The second-order valence-electron chi connectivity index (χ2n) is 5.21. The molecule has 0 aliphatic carbocycles. The van der Waals surface area contributed by atoms with E-state index in [1.807, 2.05) is 0 Å². The quantitative estimate of drug-likeness (QED) is 0.412. The Morgan fingerprint density at radius 1 is 1.08 bits per heavy atom. The van der Waals surface area contributed by atoms with Crippen LogP contribution in [0.4, 0.5) is 0 Å². The van der Waals surface area contributed by atoms with Crippen LogP contribution in [0.25, 0.3) is 0 Å². The molecule has 0 radical (unpaired) electrons. The van der Waals surface area contributed by atoms with Gasteiger partial charge in [0.15, 0.2) is 11.5 Å². The first-order valence-electron chi connectivity index (χ1n) is 7.09. The van der Waals surface area contributed by atoms with Gasteiger partial charge in [0, 0.05) is 4.47 Å². The Balaban J connectivity index is 2.44. The predicted octanol–water partition coefficient (Wildman–Crippen LogP) is 3.51. The van der Waals surface area contributed by atoms with Crippen molar-refractivity contribution in [1.29, 1.82) is 0 Å². The van der Waals surface area contributed by atoms with Crippen LogP contribution >= 0.6 is 15.9 Å². The number of ether oxygens (including phenoxy) is 1. The maximum Gasteiger partial charge on any atom is 0.339 e. The molecule has 2 aromatic rings. The highest BCUT2D eigenvalue weighted by Crippen LogP contribution is 2.28. The highest BCUT2D eigenvalue weighted by molar-refractivity contribution is 9.10. The molecule has 8 heteroatoms. The van der Waals surface area contributed by atoms with Crippen LogP contribution in [0.1, 0.15) is 33.2 Å². The number of benzene rings is 2. The van der Waals surface area contributed by atoms with E-state index in [1.165, 1.54) is 51.3 Å². The monoisotopic (exact) mass is 426 g/mol. The third-order valence-corrected chi connectivity index (χ3v) is 5.27. The summed E-state index contributed by atoms with van der Waals surface area (Å²) in [5.41, 5.74) is 0.693. The maximum atomic E-state index is 12.6. The van der Waals surface area contributed by atoms with Crippen molar-refractivity contribution in [1.82, 2.24) is 0 Å². The van der Waals surface area contributed by atoms with Gasteiger partial charge in [-0.3, -0.25) is 4.79 Å². The zero-order valence-corrected chi connectivity index (χ0v) is 16.1.